The fourth-order valence-corrected chi connectivity index (χ4v) is 3.07. The monoisotopic (exact) mass is 268 g/mol. The number of anilines is 1. The number of amides is 1. The largest absolute Gasteiger partial charge is 0.329 e. The Morgan fingerprint density at radius 2 is 1.90 bits per heavy atom. The molecule has 3 heteroatoms. The molecule has 1 fully saturated rings. The molecule has 0 unspecified atom stereocenters. The van der Waals surface area contributed by atoms with Crippen LogP contribution in [0, 0.1) is 5.41 Å². The molecule has 0 saturated heterocycles. The predicted molar refractivity (Wildman–Crippen MR) is 82.7 cm³/mol. The van der Waals surface area contributed by atoms with E-state index in [1.807, 2.05) is 31.3 Å². The second-order valence-corrected chi connectivity index (χ2v) is 5.70. The third-order valence-corrected chi connectivity index (χ3v) is 4.59. The number of hydrogen-bond acceptors (Lipinski definition) is 2. The molecule has 20 heavy (non-hydrogen) atoms. The average molecular weight is 268 g/mol. The summed E-state index contributed by atoms with van der Waals surface area (Å²) in [5, 5.41) is 2.26. The smallest absolute Gasteiger partial charge is 0.234 e. The average Bonchev–Trinajstić information content (AvgIpc) is 2.45. The van der Waals surface area contributed by atoms with Crippen LogP contribution in [0.3, 0.4) is 0 Å². The first-order valence-electron chi connectivity index (χ1n) is 7.14. The van der Waals surface area contributed by atoms with Crippen molar-refractivity contribution in [2.75, 3.05) is 18.5 Å². The third-order valence-electron chi connectivity index (χ3n) is 4.59. The van der Waals surface area contributed by atoms with E-state index in [1.165, 1.54) is 0 Å². The van der Waals surface area contributed by atoms with E-state index < -0.39 is 0 Å². The molecule has 1 saturated carbocycles. The molecule has 0 aromatic heterocycles. The normalized spacial score (nSPS) is 16.7. The van der Waals surface area contributed by atoms with Gasteiger partial charge >= 0.3 is 0 Å². The van der Waals surface area contributed by atoms with Gasteiger partial charge in [-0.2, -0.15) is 0 Å². The zero-order valence-electron chi connectivity index (χ0n) is 11.8. The van der Waals surface area contributed by atoms with E-state index in [2.05, 4.69) is 18.2 Å². The highest BCUT2D eigenvalue weighted by Gasteiger charge is 2.44. The topological polar surface area (TPSA) is 46.3 Å². The molecule has 3 nitrogen and oxygen atoms in total. The summed E-state index contributed by atoms with van der Waals surface area (Å²) >= 11 is 0. The SMILES string of the molecule is CN(C(=O)C1(CN)CCC1)c1cccc2ccccc12. The minimum absolute atomic E-state index is 0.155. The molecule has 0 aliphatic heterocycles. The Labute approximate surface area is 119 Å². The molecule has 2 N–H and O–H groups in total. The first kappa shape index (κ1) is 13.1. The van der Waals surface area contributed by atoms with Crippen molar-refractivity contribution in [3.05, 3.63) is 42.5 Å². The van der Waals surface area contributed by atoms with Gasteiger partial charge < -0.3 is 10.6 Å². The van der Waals surface area contributed by atoms with E-state index in [1.54, 1.807) is 4.90 Å². The number of benzene rings is 2. The van der Waals surface area contributed by atoms with Crippen molar-refractivity contribution in [1.29, 1.82) is 0 Å². The third kappa shape index (κ3) is 1.90. The van der Waals surface area contributed by atoms with Crippen LogP contribution in [0.15, 0.2) is 42.5 Å². The van der Waals surface area contributed by atoms with Crippen LogP contribution in [0.4, 0.5) is 5.69 Å². The predicted octanol–water partition coefficient (Wildman–Crippen LogP) is 2.93. The van der Waals surface area contributed by atoms with Crippen LogP contribution in [0.1, 0.15) is 19.3 Å². The number of carbonyl (C=O) groups excluding carboxylic acids is 1. The van der Waals surface area contributed by atoms with Crippen molar-refractivity contribution < 1.29 is 4.79 Å². The molecule has 3 rings (SSSR count). The number of hydrogen-bond donors (Lipinski definition) is 1. The van der Waals surface area contributed by atoms with Crippen molar-refractivity contribution in [2.45, 2.75) is 19.3 Å². The lowest BCUT2D eigenvalue weighted by atomic mass is 9.68. The van der Waals surface area contributed by atoms with Gasteiger partial charge in [-0.15, -0.1) is 0 Å². The zero-order chi connectivity index (χ0) is 14.2. The van der Waals surface area contributed by atoms with Crippen LogP contribution >= 0.6 is 0 Å². The van der Waals surface area contributed by atoms with Gasteiger partial charge in [-0.3, -0.25) is 4.79 Å². The molecule has 0 atom stereocenters. The first-order valence-corrected chi connectivity index (χ1v) is 7.14. The molecule has 1 aliphatic rings. The number of rotatable bonds is 3. The maximum Gasteiger partial charge on any atom is 0.234 e. The van der Waals surface area contributed by atoms with E-state index in [0.717, 1.165) is 35.7 Å². The van der Waals surface area contributed by atoms with E-state index >= 15 is 0 Å². The van der Waals surface area contributed by atoms with Crippen LogP contribution in [0.25, 0.3) is 10.8 Å². The zero-order valence-corrected chi connectivity index (χ0v) is 11.8. The van der Waals surface area contributed by atoms with Crippen LogP contribution in [0.5, 0.6) is 0 Å². The first-order chi connectivity index (χ1) is 9.68. The summed E-state index contributed by atoms with van der Waals surface area (Å²) in [4.78, 5) is 14.6. The standard InChI is InChI=1S/C17H20N2O/c1-19(16(20)17(12-18)10-5-11-17)15-9-4-7-13-6-2-3-8-14(13)15/h2-4,6-9H,5,10-12,18H2,1H3. The molecule has 2 aromatic carbocycles. The molecular formula is C17H20N2O. The van der Waals surface area contributed by atoms with E-state index in [9.17, 15) is 4.79 Å². The lowest BCUT2D eigenvalue weighted by Crippen LogP contribution is -2.51. The van der Waals surface area contributed by atoms with E-state index in [0.29, 0.717) is 6.54 Å². The van der Waals surface area contributed by atoms with Crippen molar-refractivity contribution in [2.24, 2.45) is 11.1 Å². The van der Waals surface area contributed by atoms with E-state index in [-0.39, 0.29) is 11.3 Å². The minimum Gasteiger partial charge on any atom is -0.329 e. The lowest BCUT2D eigenvalue weighted by molar-refractivity contribution is -0.131. The van der Waals surface area contributed by atoms with Crippen LogP contribution in [0.2, 0.25) is 0 Å². The molecule has 0 bridgehead atoms. The second kappa shape index (κ2) is 4.91. The van der Waals surface area contributed by atoms with Crippen molar-refractivity contribution in [3.63, 3.8) is 0 Å². The fourth-order valence-electron chi connectivity index (χ4n) is 3.07. The fraction of sp³-hybridized carbons (Fsp3) is 0.353. The molecule has 1 amide bonds. The number of nitrogens with two attached hydrogens (primary N) is 1. The van der Waals surface area contributed by atoms with Gasteiger partial charge in [0.25, 0.3) is 0 Å². The van der Waals surface area contributed by atoms with Gasteiger partial charge in [0.2, 0.25) is 5.91 Å². The number of fused-ring (bicyclic) bond motifs is 1. The molecule has 0 heterocycles. The lowest BCUT2D eigenvalue weighted by Gasteiger charge is -2.41. The Balaban J connectivity index is 2.00. The van der Waals surface area contributed by atoms with Gasteiger partial charge in [0.1, 0.15) is 0 Å². The van der Waals surface area contributed by atoms with Gasteiger partial charge in [-0.25, -0.2) is 0 Å². The summed E-state index contributed by atoms with van der Waals surface area (Å²) in [6.07, 6.45) is 2.93. The number of nitrogens with zero attached hydrogens (tertiary/aromatic N) is 1. The highest BCUT2D eigenvalue weighted by atomic mass is 16.2. The Morgan fingerprint density at radius 1 is 1.20 bits per heavy atom. The van der Waals surface area contributed by atoms with Crippen LogP contribution in [-0.4, -0.2) is 19.5 Å². The van der Waals surface area contributed by atoms with Crippen molar-refractivity contribution in [3.8, 4) is 0 Å². The summed E-state index contributed by atoms with van der Waals surface area (Å²) in [6.45, 7) is 0.445. The van der Waals surface area contributed by atoms with Crippen molar-refractivity contribution >= 4 is 22.4 Å². The summed E-state index contributed by atoms with van der Waals surface area (Å²) < 4.78 is 0. The Morgan fingerprint density at radius 3 is 2.55 bits per heavy atom. The molecule has 0 spiro atoms. The molecule has 0 radical (unpaired) electrons. The maximum atomic E-state index is 12.8. The van der Waals surface area contributed by atoms with Gasteiger partial charge in [0, 0.05) is 19.0 Å². The number of carbonyl (C=O) groups is 1. The Kier molecular flexibility index (Phi) is 3.22. The summed E-state index contributed by atoms with van der Waals surface area (Å²) in [5.41, 5.74) is 6.49. The van der Waals surface area contributed by atoms with Gasteiger partial charge in [0.15, 0.2) is 0 Å². The highest BCUT2D eigenvalue weighted by Crippen LogP contribution is 2.42. The Hall–Kier alpha value is -1.87. The van der Waals surface area contributed by atoms with Gasteiger partial charge in [0.05, 0.1) is 11.1 Å². The van der Waals surface area contributed by atoms with Crippen LogP contribution in [-0.2, 0) is 4.79 Å². The van der Waals surface area contributed by atoms with Crippen LogP contribution < -0.4 is 10.6 Å². The Bertz CT molecular complexity index is 635. The van der Waals surface area contributed by atoms with Gasteiger partial charge in [-0.1, -0.05) is 42.8 Å². The van der Waals surface area contributed by atoms with E-state index in [4.69, 9.17) is 5.73 Å². The second-order valence-electron chi connectivity index (χ2n) is 5.70. The maximum absolute atomic E-state index is 12.8. The molecule has 1 aliphatic carbocycles. The summed E-state index contributed by atoms with van der Waals surface area (Å²) in [7, 11) is 1.86. The van der Waals surface area contributed by atoms with Gasteiger partial charge in [-0.05, 0) is 24.3 Å². The molecule has 104 valence electrons. The minimum atomic E-state index is -0.328. The quantitative estimate of drug-likeness (QED) is 0.930. The molecule has 2 aromatic rings. The molecular weight excluding hydrogens is 248 g/mol. The summed E-state index contributed by atoms with van der Waals surface area (Å²) in [5.74, 6) is 0.155. The van der Waals surface area contributed by atoms with Crippen molar-refractivity contribution in [1.82, 2.24) is 0 Å². The summed E-state index contributed by atoms with van der Waals surface area (Å²) in [6, 6.07) is 14.2. The highest BCUT2D eigenvalue weighted by molar-refractivity contribution is 6.05.